The number of aliphatic carboxylic acids is 1. The molecule has 9 nitrogen and oxygen atoms in total. The van der Waals surface area contributed by atoms with Crippen LogP contribution in [0.3, 0.4) is 0 Å². The Morgan fingerprint density at radius 2 is 1.92 bits per heavy atom. The molecule has 4 rings (SSSR count). The second-order valence-corrected chi connectivity index (χ2v) is 9.19. The number of hydrogen-bond acceptors (Lipinski definition) is 5. The number of carbonyl (C=O) groups excluding carboxylic acids is 2. The molecule has 36 heavy (non-hydrogen) atoms. The Labute approximate surface area is 226 Å². The van der Waals surface area contributed by atoms with E-state index in [1.54, 1.807) is 30.3 Å². The fourth-order valence-electron chi connectivity index (χ4n) is 3.27. The van der Waals surface area contributed by atoms with Gasteiger partial charge in [-0.3, -0.25) is 23.7 Å². The Balaban J connectivity index is 0.000000850. The van der Waals surface area contributed by atoms with Crippen LogP contribution in [0.2, 0.25) is 4.34 Å². The number of amides is 2. The van der Waals surface area contributed by atoms with Crippen LogP contribution in [0.1, 0.15) is 23.0 Å². The van der Waals surface area contributed by atoms with E-state index < -0.39 is 23.7 Å². The van der Waals surface area contributed by atoms with E-state index in [4.69, 9.17) is 21.5 Å². The average Bonchev–Trinajstić information content (AvgIpc) is 3.44. The van der Waals surface area contributed by atoms with Crippen molar-refractivity contribution in [3.63, 3.8) is 0 Å². The molecular weight excluding hydrogens is 506 g/mol. The number of nitrogens with zero attached hydrogens (tertiary/aromatic N) is 2. The molecule has 1 fully saturated rings. The summed E-state index contributed by atoms with van der Waals surface area (Å²) in [6.07, 6.45) is 1.85. The third-order valence-electron chi connectivity index (χ3n) is 4.80. The van der Waals surface area contributed by atoms with E-state index in [-0.39, 0.29) is 42.1 Å². The molecule has 2 amide bonds. The molecule has 1 aliphatic heterocycles. The second-order valence-electron chi connectivity index (χ2n) is 7.47. The molecule has 2 aromatic heterocycles. The summed E-state index contributed by atoms with van der Waals surface area (Å²) in [6.45, 7) is 1.38. The van der Waals surface area contributed by atoms with Crippen LogP contribution in [0.4, 0.5) is 10.1 Å². The van der Waals surface area contributed by atoms with Crippen LogP contribution in [0.5, 0.6) is 0 Å². The second kappa shape index (κ2) is 13.4. The smallest absolute Gasteiger partial charge is 0.650 e. The van der Waals surface area contributed by atoms with Gasteiger partial charge in [-0.15, -0.1) is 17.9 Å². The number of benzene rings is 1. The summed E-state index contributed by atoms with van der Waals surface area (Å²) in [5, 5.41) is 17.0. The van der Waals surface area contributed by atoms with Crippen molar-refractivity contribution < 1.29 is 42.7 Å². The standard InChI is InChI=1S/C21H17ClFN4O3S.C2H4O2.Li/c22-18-7-6-17(31-18)21(30)25-12-9-16(24-11-12)20(29)26-15-5-4-13(10-14(15)23)27-8-2-1-3-19(27)28;1-2(3)4;/h1-8,10,12,16H,9,11H2,(H,25,30)(H,26,29);1H3,(H,3,4);/q-1;;+1/t12?,16-;;/m0../s1. The zero-order valence-corrected chi connectivity index (χ0v) is 21.0. The van der Waals surface area contributed by atoms with Gasteiger partial charge in [0.15, 0.2) is 0 Å². The fourth-order valence-corrected chi connectivity index (χ4v) is 4.22. The van der Waals surface area contributed by atoms with E-state index in [0.717, 1.165) is 6.92 Å². The van der Waals surface area contributed by atoms with Crippen molar-refractivity contribution in [1.29, 1.82) is 0 Å². The zero-order valence-electron chi connectivity index (χ0n) is 19.4. The number of anilines is 1. The monoisotopic (exact) mass is 526 g/mol. The normalized spacial score (nSPS) is 16.2. The number of nitrogens with one attached hydrogen (secondary N) is 2. The van der Waals surface area contributed by atoms with Crippen LogP contribution in [0.15, 0.2) is 59.5 Å². The van der Waals surface area contributed by atoms with Gasteiger partial charge in [-0.25, -0.2) is 4.39 Å². The number of aromatic nitrogens is 1. The maximum Gasteiger partial charge on any atom is 1.00 e. The molecule has 13 heteroatoms. The first-order valence-electron chi connectivity index (χ1n) is 10.3. The molecule has 0 spiro atoms. The summed E-state index contributed by atoms with van der Waals surface area (Å²) < 4.78 is 16.3. The quantitative estimate of drug-likeness (QED) is 0.421. The van der Waals surface area contributed by atoms with Crippen LogP contribution in [0, 0.1) is 5.82 Å². The molecule has 0 aliphatic carbocycles. The van der Waals surface area contributed by atoms with Crippen LogP contribution in [-0.4, -0.2) is 46.1 Å². The van der Waals surface area contributed by atoms with Crippen LogP contribution >= 0.6 is 22.9 Å². The molecule has 3 N–H and O–H groups in total. The molecule has 1 saturated heterocycles. The Kier molecular flexibility index (Phi) is 10.9. The van der Waals surface area contributed by atoms with Gasteiger partial charge in [0, 0.05) is 31.3 Å². The van der Waals surface area contributed by atoms with Crippen molar-refractivity contribution in [2.24, 2.45) is 0 Å². The molecule has 1 aliphatic rings. The van der Waals surface area contributed by atoms with Gasteiger partial charge in [0.1, 0.15) is 5.82 Å². The van der Waals surface area contributed by atoms with E-state index >= 15 is 0 Å². The number of carboxylic acid groups (broad SMARTS) is 1. The first-order valence-corrected chi connectivity index (χ1v) is 11.5. The van der Waals surface area contributed by atoms with Gasteiger partial charge in [-0.05, 0) is 36.8 Å². The van der Waals surface area contributed by atoms with E-state index in [9.17, 15) is 18.8 Å². The molecule has 1 unspecified atom stereocenters. The van der Waals surface area contributed by atoms with Gasteiger partial charge in [-0.2, -0.15) is 0 Å². The third kappa shape index (κ3) is 8.04. The van der Waals surface area contributed by atoms with Gasteiger partial charge in [-0.1, -0.05) is 23.7 Å². The van der Waals surface area contributed by atoms with E-state index in [0.29, 0.717) is 27.9 Å². The van der Waals surface area contributed by atoms with Crippen molar-refractivity contribution in [1.82, 2.24) is 9.88 Å². The number of carbonyl (C=O) groups is 3. The molecular formula is C23H21ClFLiN4O5S. The van der Waals surface area contributed by atoms with E-state index in [1.165, 1.54) is 40.3 Å². The van der Waals surface area contributed by atoms with Crippen molar-refractivity contribution in [2.45, 2.75) is 25.4 Å². The third-order valence-corrected chi connectivity index (χ3v) is 6.03. The summed E-state index contributed by atoms with van der Waals surface area (Å²) in [7, 11) is 0. The summed E-state index contributed by atoms with van der Waals surface area (Å²) in [6, 6.07) is 11.0. The first-order chi connectivity index (χ1) is 16.6. The predicted molar refractivity (Wildman–Crippen MR) is 131 cm³/mol. The van der Waals surface area contributed by atoms with Gasteiger partial charge in [0.2, 0.25) is 5.91 Å². The molecule has 1 aromatic carbocycles. The van der Waals surface area contributed by atoms with Gasteiger partial charge >= 0.3 is 18.9 Å². The number of thiophene rings is 1. The van der Waals surface area contributed by atoms with E-state index in [2.05, 4.69) is 16.0 Å². The molecule has 2 atom stereocenters. The maximum atomic E-state index is 14.5. The van der Waals surface area contributed by atoms with Gasteiger partial charge < -0.3 is 21.1 Å². The number of rotatable bonds is 5. The van der Waals surface area contributed by atoms with Crippen LogP contribution in [-0.2, 0) is 9.59 Å². The Hall–Kier alpha value is -2.94. The van der Waals surface area contributed by atoms with Crippen molar-refractivity contribution >= 4 is 46.4 Å². The number of hydrogen-bond donors (Lipinski definition) is 3. The fraction of sp³-hybridized carbons (Fsp3) is 0.217. The molecule has 0 saturated carbocycles. The van der Waals surface area contributed by atoms with Crippen molar-refractivity contribution in [3.8, 4) is 5.69 Å². The number of pyridine rings is 1. The summed E-state index contributed by atoms with van der Waals surface area (Å²) in [4.78, 5) is 46.1. The van der Waals surface area contributed by atoms with Crippen molar-refractivity contribution in [2.75, 3.05) is 11.9 Å². The van der Waals surface area contributed by atoms with Gasteiger partial charge in [0.05, 0.1) is 20.6 Å². The summed E-state index contributed by atoms with van der Waals surface area (Å²) in [5.41, 5.74) is 0.0538. The predicted octanol–water partition coefficient (Wildman–Crippen LogP) is 0.669. The molecule has 0 radical (unpaired) electrons. The van der Waals surface area contributed by atoms with Crippen LogP contribution < -0.4 is 35.1 Å². The first kappa shape index (κ1) is 29.3. The molecule has 3 heterocycles. The minimum atomic E-state index is -0.833. The molecule has 184 valence electrons. The summed E-state index contributed by atoms with van der Waals surface area (Å²) in [5.74, 6) is -2.23. The van der Waals surface area contributed by atoms with Gasteiger partial charge in [0.25, 0.3) is 17.4 Å². The molecule has 0 bridgehead atoms. The SMILES string of the molecule is CC(=O)O.O=C(NC1C[N-][C@H](C(=O)Nc2ccc(-n3ccccc3=O)cc2F)C1)c1ccc(Cl)s1.[Li+]. The van der Waals surface area contributed by atoms with Crippen molar-refractivity contribution in [3.05, 3.63) is 85.4 Å². The maximum absolute atomic E-state index is 14.5. The Bertz CT molecular complexity index is 1300. The minimum Gasteiger partial charge on any atom is -0.650 e. The minimum absolute atomic E-state index is 0. The Morgan fingerprint density at radius 3 is 2.53 bits per heavy atom. The average molecular weight is 527 g/mol. The number of carboxylic acids is 1. The summed E-state index contributed by atoms with van der Waals surface area (Å²) >= 11 is 7.02. The molecule has 3 aromatic rings. The largest absolute Gasteiger partial charge is 1.00 e. The Morgan fingerprint density at radius 1 is 1.19 bits per heavy atom. The van der Waals surface area contributed by atoms with E-state index in [1.807, 2.05) is 0 Å². The topological polar surface area (TPSA) is 132 Å². The zero-order chi connectivity index (χ0) is 25.5. The van der Waals surface area contributed by atoms with Crippen LogP contribution in [0.25, 0.3) is 11.0 Å². The number of halogens is 2.